The van der Waals surface area contributed by atoms with Crippen molar-refractivity contribution < 1.29 is 9.85 Å². The molecule has 1 heterocycles. The Bertz CT molecular complexity index is 1030. The topological polar surface area (TPSA) is 147 Å². The lowest BCUT2D eigenvalue weighted by molar-refractivity contribution is -0.394. The fourth-order valence-electron chi connectivity index (χ4n) is 2.28. The van der Waals surface area contributed by atoms with Crippen LogP contribution in [0.5, 0.6) is 0 Å². The van der Waals surface area contributed by atoms with E-state index in [1.54, 1.807) is 18.2 Å². The lowest BCUT2D eigenvalue weighted by Crippen LogP contribution is -2.29. The average Bonchev–Trinajstić information content (AvgIpc) is 2.57. The maximum absolute atomic E-state index is 12.3. The second kappa shape index (κ2) is 5.43. The fourth-order valence-corrected chi connectivity index (χ4v) is 2.28. The first kappa shape index (κ1) is 15.1. The van der Waals surface area contributed by atoms with Crippen LogP contribution in [0, 0.1) is 20.2 Å². The van der Waals surface area contributed by atoms with E-state index in [-0.39, 0.29) is 16.8 Å². The quantitative estimate of drug-likeness (QED) is 0.436. The summed E-state index contributed by atoms with van der Waals surface area (Å²) in [6.45, 7) is 0. The van der Waals surface area contributed by atoms with Gasteiger partial charge in [-0.05, 0) is 12.1 Å². The standard InChI is InChI=1S/C14H9N5O5/c15-17-13(16-12-4-2-1-3-11(12)14(17)20)8-5-9(18(21)22)7-10(6-8)19(23)24/h1-7H,15H2. The number of hydrogen-bond acceptors (Lipinski definition) is 7. The number of rotatable bonds is 3. The first-order valence-corrected chi connectivity index (χ1v) is 6.59. The normalized spacial score (nSPS) is 10.7. The van der Waals surface area contributed by atoms with E-state index >= 15 is 0 Å². The Labute approximate surface area is 133 Å². The van der Waals surface area contributed by atoms with Crippen molar-refractivity contribution in [2.45, 2.75) is 0 Å². The molecule has 10 nitrogen and oxygen atoms in total. The zero-order valence-corrected chi connectivity index (χ0v) is 11.9. The molecular formula is C14H9N5O5. The van der Waals surface area contributed by atoms with Crippen LogP contribution in [-0.4, -0.2) is 19.5 Å². The van der Waals surface area contributed by atoms with Gasteiger partial charge in [-0.25, -0.2) is 9.66 Å². The van der Waals surface area contributed by atoms with Crippen LogP contribution in [0.4, 0.5) is 11.4 Å². The SMILES string of the molecule is Nn1c(-c2cc([N+](=O)[O-])cc([N+](=O)[O-])c2)nc2ccccc2c1=O. The second-order valence-corrected chi connectivity index (χ2v) is 4.88. The number of hydrogen-bond donors (Lipinski definition) is 1. The van der Waals surface area contributed by atoms with E-state index in [0.29, 0.717) is 10.2 Å². The minimum atomic E-state index is -0.767. The number of benzene rings is 2. The van der Waals surface area contributed by atoms with E-state index in [1.165, 1.54) is 6.07 Å². The zero-order valence-electron chi connectivity index (χ0n) is 11.9. The molecule has 0 unspecified atom stereocenters. The molecule has 3 aromatic rings. The Morgan fingerprint density at radius 2 is 1.58 bits per heavy atom. The van der Waals surface area contributed by atoms with Crippen LogP contribution in [0.15, 0.2) is 47.3 Å². The molecular weight excluding hydrogens is 318 g/mol. The van der Waals surface area contributed by atoms with Crippen molar-refractivity contribution in [3.05, 3.63) is 73.0 Å². The third-order valence-electron chi connectivity index (χ3n) is 3.39. The molecule has 2 N–H and O–H groups in total. The summed E-state index contributed by atoms with van der Waals surface area (Å²) < 4.78 is 0.713. The Balaban J connectivity index is 2.35. The average molecular weight is 327 g/mol. The Kier molecular flexibility index (Phi) is 3.41. The highest BCUT2D eigenvalue weighted by Crippen LogP contribution is 2.28. The summed E-state index contributed by atoms with van der Waals surface area (Å²) >= 11 is 0. The predicted molar refractivity (Wildman–Crippen MR) is 84.9 cm³/mol. The van der Waals surface area contributed by atoms with Gasteiger partial charge in [0.15, 0.2) is 5.82 Å². The van der Waals surface area contributed by atoms with Crippen LogP contribution < -0.4 is 11.4 Å². The molecule has 0 amide bonds. The van der Waals surface area contributed by atoms with E-state index in [9.17, 15) is 25.0 Å². The minimum Gasteiger partial charge on any atom is -0.334 e. The lowest BCUT2D eigenvalue weighted by Gasteiger charge is -2.09. The van der Waals surface area contributed by atoms with Crippen molar-refractivity contribution in [1.29, 1.82) is 0 Å². The number of nitro benzene ring substituents is 2. The fraction of sp³-hybridized carbons (Fsp3) is 0. The number of nitrogens with zero attached hydrogens (tertiary/aromatic N) is 4. The zero-order chi connectivity index (χ0) is 17.4. The summed E-state index contributed by atoms with van der Waals surface area (Å²) in [6, 6.07) is 9.39. The summed E-state index contributed by atoms with van der Waals surface area (Å²) in [5, 5.41) is 22.2. The van der Waals surface area contributed by atoms with Crippen LogP contribution in [0.25, 0.3) is 22.3 Å². The molecule has 0 radical (unpaired) electrons. The van der Waals surface area contributed by atoms with Crippen molar-refractivity contribution in [1.82, 2.24) is 9.66 Å². The highest BCUT2D eigenvalue weighted by atomic mass is 16.6. The molecule has 0 atom stereocenters. The predicted octanol–water partition coefficient (Wildman–Crippen LogP) is 1.59. The summed E-state index contributed by atoms with van der Waals surface area (Å²) in [5.41, 5.74) is -1.23. The molecule has 1 aromatic heterocycles. The molecule has 24 heavy (non-hydrogen) atoms. The molecule has 10 heteroatoms. The molecule has 0 aliphatic carbocycles. The number of nitro groups is 2. The maximum Gasteiger partial charge on any atom is 0.280 e. The Hall–Kier alpha value is -3.82. The maximum atomic E-state index is 12.3. The number of non-ortho nitro benzene ring substituents is 2. The number of nitrogen functional groups attached to an aromatic ring is 1. The highest BCUT2D eigenvalue weighted by Gasteiger charge is 2.20. The van der Waals surface area contributed by atoms with Gasteiger partial charge in [-0.2, -0.15) is 0 Å². The number of fused-ring (bicyclic) bond motifs is 1. The van der Waals surface area contributed by atoms with Gasteiger partial charge in [0.05, 0.1) is 26.8 Å². The van der Waals surface area contributed by atoms with E-state index < -0.39 is 26.8 Å². The van der Waals surface area contributed by atoms with Gasteiger partial charge >= 0.3 is 0 Å². The largest absolute Gasteiger partial charge is 0.334 e. The van der Waals surface area contributed by atoms with Gasteiger partial charge < -0.3 is 5.84 Å². The van der Waals surface area contributed by atoms with Crippen molar-refractivity contribution >= 4 is 22.3 Å². The molecule has 3 rings (SSSR count). The third-order valence-corrected chi connectivity index (χ3v) is 3.39. The molecule has 0 saturated heterocycles. The van der Waals surface area contributed by atoms with Gasteiger partial charge in [-0.15, -0.1) is 0 Å². The number of aromatic nitrogens is 2. The second-order valence-electron chi connectivity index (χ2n) is 4.88. The molecule has 0 saturated carbocycles. The van der Waals surface area contributed by atoms with Crippen LogP contribution >= 0.6 is 0 Å². The first-order valence-electron chi connectivity index (χ1n) is 6.59. The molecule has 0 aliphatic heterocycles. The van der Waals surface area contributed by atoms with Crippen LogP contribution in [0.3, 0.4) is 0 Å². The van der Waals surface area contributed by atoms with E-state index in [1.807, 2.05) is 0 Å². The monoisotopic (exact) mass is 327 g/mol. The first-order chi connectivity index (χ1) is 11.4. The molecule has 0 spiro atoms. The van der Waals surface area contributed by atoms with Gasteiger partial charge in [-0.1, -0.05) is 12.1 Å². The van der Waals surface area contributed by atoms with E-state index in [0.717, 1.165) is 18.2 Å². The van der Waals surface area contributed by atoms with Crippen LogP contribution in [0.1, 0.15) is 0 Å². The third kappa shape index (κ3) is 2.41. The summed E-state index contributed by atoms with van der Waals surface area (Å²) in [4.78, 5) is 36.9. The van der Waals surface area contributed by atoms with Gasteiger partial charge in [0.25, 0.3) is 16.9 Å². The van der Waals surface area contributed by atoms with Crippen molar-refractivity contribution in [2.24, 2.45) is 0 Å². The lowest BCUT2D eigenvalue weighted by atomic mass is 10.1. The summed E-state index contributed by atoms with van der Waals surface area (Å²) in [6.07, 6.45) is 0. The van der Waals surface area contributed by atoms with Crippen LogP contribution in [0.2, 0.25) is 0 Å². The summed E-state index contributed by atoms with van der Waals surface area (Å²) in [5.74, 6) is 5.63. The Morgan fingerprint density at radius 1 is 1.00 bits per heavy atom. The molecule has 120 valence electrons. The van der Waals surface area contributed by atoms with Crippen LogP contribution in [-0.2, 0) is 0 Å². The van der Waals surface area contributed by atoms with Crippen molar-refractivity contribution in [3.8, 4) is 11.4 Å². The minimum absolute atomic E-state index is 0.00116. The Morgan fingerprint density at radius 3 is 2.17 bits per heavy atom. The van der Waals surface area contributed by atoms with Gasteiger partial charge in [0, 0.05) is 17.7 Å². The number of para-hydroxylation sites is 1. The van der Waals surface area contributed by atoms with Gasteiger partial charge in [0.1, 0.15) is 0 Å². The van der Waals surface area contributed by atoms with E-state index in [2.05, 4.69) is 4.98 Å². The summed E-state index contributed by atoms with van der Waals surface area (Å²) in [7, 11) is 0. The van der Waals surface area contributed by atoms with Crippen molar-refractivity contribution in [3.63, 3.8) is 0 Å². The van der Waals surface area contributed by atoms with Gasteiger partial charge in [-0.3, -0.25) is 25.0 Å². The molecule has 0 bridgehead atoms. The van der Waals surface area contributed by atoms with Crippen molar-refractivity contribution in [2.75, 3.05) is 5.84 Å². The number of nitrogens with two attached hydrogens (primary N) is 1. The van der Waals surface area contributed by atoms with Gasteiger partial charge in [0.2, 0.25) is 0 Å². The molecule has 2 aromatic carbocycles. The van der Waals surface area contributed by atoms with E-state index in [4.69, 9.17) is 5.84 Å². The smallest absolute Gasteiger partial charge is 0.280 e. The molecule has 0 fully saturated rings. The molecule has 0 aliphatic rings. The highest BCUT2D eigenvalue weighted by molar-refractivity contribution is 5.80.